The summed E-state index contributed by atoms with van der Waals surface area (Å²) in [5, 5.41) is 2.81. The SMILES string of the molecule is COC(=O)C(NC(=O)CNS(=O)(=O)c1ccc(OC)cc1)C12CC3CC(CC(C3)C1)C2. The van der Waals surface area contributed by atoms with E-state index in [9.17, 15) is 18.0 Å². The summed E-state index contributed by atoms with van der Waals surface area (Å²) in [6, 6.07) is 5.14. The van der Waals surface area contributed by atoms with Crippen LogP contribution in [0.2, 0.25) is 0 Å². The summed E-state index contributed by atoms with van der Waals surface area (Å²) in [5.74, 6) is 1.35. The highest BCUT2D eigenvalue weighted by molar-refractivity contribution is 7.89. The van der Waals surface area contributed by atoms with Crippen molar-refractivity contribution in [1.82, 2.24) is 10.0 Å². The van der Waals surface area contributed by atoms with Gasteiger partial charge in [0.15, 0.2) is 0 Å². The van der Waals surface area contributed by atoms with E-state index in [1.165, 1.54) is 57.7 Å². The summed E-state index contributed by atoms with van der Waals surface area (Å²) in [4.78, 5) is 25.4. The van der Waals surface area contributed by atoms with Crippen molar-refractivity contribution in [2.45, 2.75) is 49.5 Å². The average Bonchev–Trinajstić information content (AvgIpc) is 2.74. The van der Waals surface area contributed by atoms with Crippen molar-refractivity contribution in [2.24, 2.45) is 23.2 Å². The molecule has 4 saturated carbocycles. The number of hydrogen-bond donors (Lipinski definition) is 2. The highest BCUT2D eigenvalue weighted by atomic mass is 32.2. The summed E-state index contributed by atoms with van der Waals surface area (Å²) < 4.78 is 37.4. The third-order valence-electron chi connectivity index (χ3n) is 7.23. The van der Waals surface area contributed by atoms with Crippen LogP contribution in [0.4, 0.5) is 0 Å². The maximum absolute atomic E-state index is 12.7. The molecule has 5 rings (SSSR count). The molecular weight excluding hydrogens is 420 g/mol. The Balaban J connectivity index is 1.43. The summed E-state index contributed by atoms with van der Waals surface area (Å²) in [7, 11) is -1.05. The second kappa shape index (κ2) is 8.43. The molecule has 9 heteroatoms. The number of hydrogen-bond acceptors (Lipinski definition) is 6. The number of rotatable bonds is 8. The van der Waals surface area contributed by atoms with Crippen LogP contribution in [0, 0.1) is 23.2 Å². The lowest BCUT2D eigenvalue weighted by Crippen LogP contribution is -2.60. The van der Waals surface area contributed by atoms with Crippen molar-refractivity contribution in [3.63, 3.8) is 0 Å². The zero-order valence-electron chi connectivity index (χ0n) is 17.9. The van der Waals surface area contributed by atoms with Gasteiger partial charge in [-0.2, -0.15) is 0 Å². The molecule has 4 bridgehead atoms. The van der Waals surface area contributed by atoms with E-state index < -0.39 is 34.5 Å². The van der Waals surface area contributed by atoms with Crippen LogP contribution in [0.1, 0.15) is 38.5 Å². The molecule has 0 aromatic heterocycles. The highest BCUT2D eigenvalue weighted by Crippen LogP contribution is 2.61. The molecule has 8 nitrogen and oxygen atoms in total. The van der Waals surface area contributed by atoms with Crippen molar-refractivity contribution in [1.29, 1.82) is 0 Å². The van der Waals surface area contributed by atoms with Gasteiger partial charge >= 0.3 is 5.97 Å². The van der Waals surface area contributed by atoms with Gasteiger partial charge in [0.2, 0.25) is 15.9 Å². The van der Waals surface area contributed by atoms with E-state index in [0.29, 0.717) is 23.5 Å². The van der Waals surface area contributed by atoms with Crippen LogP contribution in [0.25, 0.3) is 0 Å². The molecule has 4 aliphatic carbocycles. The maximum atomic E-state index is 12.7. The molecule has 0 aliphatic heterocycles. The third-order valence-corrected chi connectivity index (χ3v) is 8.65. The molecule has 0 heterocycles. The Morgan fingerprint density at radius 1 is 1.03 bits per heavy atom. The lowest BCUT2D eigenvalue weighted by Gasteiger charge is -2.58. The van der Waals surface area contributed by atoms with Gasteiger partial charge in [0.05, 0.1) is 25.7 Å². The van der Waals surface area contributed by atoms with Crippen LogP contribution in [-0.4, -0.2) is 47.1 Å². The number of benzene rings is 1. The van der Waals surface area contributed by atoms with Gasteiger partial charge in [-0.05, 0) is 80.5 Å². The normalized spacial score (nSPS) is 29.9. The van der Waals surface area contributed by atoms with Gasteiger partial charge in [0.1, 0.15) is 11.8 Å². The maximum Gasteiger partial charge on any atom is 0.328 e. The van der Waals surface area contributed by atoms with Gasteiger partial charge < -0.3 is 14.8 Å². The largest absolute Gasteiger partial charge is 0.497 e. The molecule has 1 aromatic carbocycles. The monoisotopic (exact) mass is 450 g/mol. The van der Waals surface area contributed by atoms with E-state index >= 15 is 0 Å². The molecule has 1 unspecified atom stereocenters. The van der Waals surface area contributed by atoms with Crippen molar-refractivity contribution in [3.8, 4) is 5.75 Å². The zero-order chi connectivity index (χ0) is 22.2. The summed E-state index contributed by atoms with van der Waals surface area (Å²) in [6.07, 6.45) is 6.37. The van der Waals surface area contributed by atoms with Crippen molar-refractivity contribution >= 4 is 21.9 Å². The van der Waals surface area contributed by atoms with E-state index in [0.717, 1.165) is 19.3 Å². The quantitative estimate of drug-likeness (QED) is 0.585. The number of methoxy groups -OCH3 is 2. The number of carbonyl (C=O) groups excluding carboxylic acids is 2. The first kappa shape index (κ1) is 22.1. The molecule has 1 aromatic rings. The Hall–Kier alpha value is -2.13. The minimum atomic E-state index is -3.87. The standard InChI is InChI=1S/C22H30N2O6S/c1-29-17-3-5-18(6-4-17)31(27,28)23-13-19(25)24-20(21(26)30-2)22-10-14-7-15(11-22)9-16(8-14)12-22/h3-6,14-16,20,23H,7-13H2,1-2H3,(H,24,25). The Kier molecular flexibility index (Phi) is 6.00. The topological polar surface area (TPSA) is 111 Å². The van der Waals surface area contributed by atoms with Crippen LogP contribution < -0.4 is 14.8 Å². The predicted molar refractivity (Wildman–Crippen MR) is 113 cm³/mol. The van der Waals surface area contributed by atoms with E-state index in [2.05, 4.69) is 10.0 Å². The van der Waals surface area contributed by atoms with Crippen LogP contribution in [0.15, 0.2) is 29.2 Å². The van der Waals surface area contributed by atoms with E-state index in [1.807, 2.05) is 0 Å². The second-order valence-corrected chi connectivity index (χ2v) is 11.1. The van der Waals surface area contributed by atoms with Gasteiger partial charge in [-0.1, -0.05) is 0 Å². The number of carbonyl (C=O) groups is 2. The Bertz CT molecular complexity index is 908. The number of esters is 1. The summed E-state index contributed by atoms with van der Waals surface area (Å²) in [6.45, 7) is -0.450. The van der Waals surface area contributed by atoms with Crippen LogP contribution in [-0.2, 0) is 24.3 Å². The fraction of sp³-hybridized carbons (Fsp3) is 0.636. The minimum Gasteiger partial charge on any atom is -0.497 e. The van der Waals surface area contributed by atoms with Gasteiger partial charge in [0.25, 0.3) is 0 Å². The van der Waals surface area contributed by atoms with E-state index in [-0.39, 0.29) is 10.3 Å². The number of ether oxygens (including phenoxy) is 2. The van der Waals surface area contributed by atoms with Crippen LogP contribution in [0.5, 0.6) is 5.75 Å². The first-order chi connectivity index (χ1) is 14.7. The smallest absolute Gasteiger partial charge is 0.328 e. The minimum absolute atomic E-state index is 0.0340. The van der Waals surface area contributed by atoms with E-state index in [4.69, 9.17) is 9.47 Å². The van der Waals surface area contributed by atoms with Gasteiger partial charge in [0, 0.05) is 5.41 Å². The molecular formula is C22H30N2O6S. The lowest BCUT2D eigenvalue weighted by atomic mass is 9.47. The van der Waals surface area contributed by atoms with Crippen LogP contribution >= 0.6 is 0 Å². The molecule has 2 N–H and O–H groups in total. The fourth-order valence-corrected chi connectivity index (χ4v) is 7.30. The zero-order valence-corrected chi connectivity index (χ0v) is 18.7. The molecule has 4 aliphatic rings. The summed E-state index contributed by atoms with van der Waals surface area (Å²) in [5.41, 5.74) is -0.285. The molecule has 0 saturated heterocycles. The van der Waals surface area contributed by atoms with E-state index in [1.54, 1.807) is 0 Å². The molecule has 4 fully saturated rings. The predicted octanol–water partition coefficient (Wildman–Crippen LogP) is 1.85. The highest BCUT2D eigenvalue weighted by Gasteiger charge is 2.56. The van der Waals surface area contributed by atoms with Gasteiger partial charge in [-0.3, -0.25) is 4.79 Å². The lowest BCUT2D eigenvalue weighted by molar-refractivity contribution is -0.157. The average molecular weight is 451 g/mol. The van der Waals surface area contributed by atoms with Crippen molar-refractivity contribution in [3.05, 3.63) is 24.3 Å². The Morgan fingerprint density at radius 3 is 2.06 bits per heavy atom. The van der Waals surface area contributed by atoms with Gasteiger partial charge in [-0.25, -0.2) is 17.9 Å². The second-order valence-electron chi connectivity index (χ2n) is 9.30. The van der Waals surface area contributed by atoms with Crippen LogP contribution in [0.3, 0.4) is 0 Å². The molecule has 1 amide bonds. The fourth-order valence-electron chi connectivity index (χ4n) is 6.32. The molecule has 170 valence electrons. The molecule has 0 spiro atoms. The third kappa shape index (κ3) is 4.43. The van der Waals surface area contributed by atoms with Gasteiger partial charge in [-0.15, -0.1) is 0 Å². The number of amides is 1. The molecule has 1 atom stereocenters. The Labute approximate surface area is 183 Å². The Morgan fingerprint density at radius 2 is 1.58 bits per heavy atom. The van der Waals surface area contributed by atoms with Crippen molar-refractivity contribution < 1.29 is 27.5 Å². The summed E-state index contributed by atoms with van der Waals surface area (Å²) >= 11 is 0. The number of nitrogens with one attached hydrogen (secondary N) is 2. The number of sulfonamides is 1. The van der Waals surface area contributed by atoms with Crippen molar-refractivity contribution in [2.75, 3.05) is 20.8 Å². The molecule has 0 radical (unpaired) electrons. The molecule has 31 heavy (non-hydrogen) atoms. The first-order valence-electron chi connectivity index (χ1n) is 10.8. The first-order valence-corrected chi connectivity index (χ1v) is 12.2.